The first-order valence-electron chi connectivity index (χ1n) is 12.6. The van der Waals surface area contributed by atoms with E-state index in [2.05, 4.69) is 87.7 Å². The molecule has 0 aromatic heterocycles. The van der Waals surface area contributed by atoms with Gasteiger partial charge in [-0.1, -0.05) is 123 Å². The molecule has 8 atom stereocenters. The fourth-order valence-corrected chi connectivity index (χ4v) is 31.3. The molecule has 0 radical (unpaired) electrons. The van der Waals surface area contributed by atoms with E-state index in [1.807, 2.05) is 0 Å². The topological polar surface area (TPSA) is 0 Å². The molecule has 170 valence electrons. The number of hydrogen-bond donors (Lipinski definition) is 0. The molecule has 4 fully saturated rings. The molecule has 4 saturated heterocycles. The van der Waals surface area contributed by atoms with Gasteiger partial charge >= 0.3 is 0 Å². The van der Waals surface area contributed by atoms with E-state index < -0.39 is 0 Å². The molecule has 0 saturated carbocycles. The standard InChI is InChI=1S/C27H47P3/c1-12-14-16-17-19-28-26(23(6,7)8)20-25(18-15-13-2)27(28,24(9,10)11)30(25)21(29(20)26)22(3,4)5/h20-21H,12-16,18H2,1-11H3/t20-,21?,25+,26-,27-,28?,29?,30?/m1/s1. The van der Waals surface area contributed by atoms with Crippen LogP contribution in [0.25, 0.3) is 0 Å². The van der Waals surface area contributed by atoms with Gasteiger partial charge in [0.1, 0.15) is 0 Å². The first-order valence-corrected chi connectivity index (χ1v) is 16.8. The molecule has 4 heterocycles. The Morgan fingerprint density at radius 2 is 1.43 bits per heavy atom. The maximum absolute atomic E-state index is 4.18. The zero-order valence-corrected chi connectivity index (χ0v) is 24.4. The van der Waals surface area contributed by atoms with E-state index in [0.717, 1.165) is 17.5 Å². The molecule has 0 bridgehead atoms. The molecule has 0 spiro atoms. The lowest BCUT2D eigenvalue weighted by Gasteiger charge is -2.51. The Labute approximate surface area is 192 Å². The highest BCUT2D eigenvalue weighted by atomic mass is 31.2. The smallest absolute Gasteiger partial charge is 0.0387 e. The quantitative estimate of drug-likeness (QED) is 0.216. The minimum Gasteiger partial charge on any atom is -0.0986 e. The van der Waals surface area contributed by atoms with Crippen LogP contribution in [-0.4, -0.2) is 26.0 Å². The van der Waals surface area contributed by atoms with Gasteiger partial charge in [0, 0.05) is 32.4 Å². The fraction of sp³-hybridized carbons (Fsp3) is 0.926. The summed E-state index contributed by atoms with van der Waals surface area (Å²) in [5, 5.41) is 1.72. The van der Waals surface area contributed by atoms with Gasteiger partial charge in [-0.25, -0.2) is 0 Å². The summed E-state index contributed by atoms with van der Waals surface area (Å²) in [6.45, 7) is 28.2. The highest BCUT2D eigenvalue weighted by Gasteiger charge is 3.08. The van der Waals surface area contributed by atoms with Crippen LogP contribution in [0.5, 0.6) is 0 Å². The van der Waals surface area contributed by atoms with Crippen molar-refractivity contribution in [1.82, 2.24) is 0 Å². The first-order chi connectivity index (χ1) is 13.7. The van der Waals surface area contributed by atoms with Crippen LogP contribution in [0, 0.1) is 27.8 Å². The molecule has 4 aliphatic heterocycles. The second-order valence-corrected chi connectivity index (χ2v) is 22.2. The van der Waals surface area contributed by atoms with Crippen molar-refractivity contribution < 1.29 is 0 Å². The highest BCUT2D eigenvalue weighted by Crippen LogP contribution is 3.26. The number of unbranched alkanes of at least 4 members (excludes halogenated alkanes) is 3. The molecule has 0 nitrogen and oxygen atoms in total. The molecule has 3 heteroatoms. The molecule has 4 unspecified atom stereocenters. The predicted molar refractivity (Wildman–Crippen MR) is 142 cm³/mol. The minimum atomic E-state index is -0.213. The molecule has 4 rings (SSSR count). The van der Waals surface area contributed by atoms with Crippen LogP contribution in [-0.2, 0) is 0 Å². The van der Waals surface area contributed by atoms with E-state index in [4.69, 9.17) is 0 Å². The number of fused-ring (bicyclic) bond motifs is 2. The lowest BCUT2D eigenvalue weighted by atomic mass is 9.77. The van der Waals surface area contributed by atoms with E-state index in [9.17, 15) is 0 Å². The van der Waals surface area contributed by atoms with Crippen molar-refractivity contribution in [3.05, 3.63) is 0 Å². The van der Waals surface area contributed by atoms with E-state index >= 15 is 0 Å². The molecule has 0 N–H and O–H groups in total. The third kappa shape index (κ3) is 2.49. The Bertz CT molecular complexity index is 769. The van der Waals surface area contributed by atoms with Gasteiger partial charge < -0.3 is 0 Å². The number of rotatable bonds is 5. The summed E-state index contributed by atoms with van der Waals surface area (Å²) in [4.78, 5) is 1.17. The summed E-state index contributed by atoms with van der Waals surface area (Å²) in [7, 11) is 0.0371. The van der Waals surface area contributed by atoms with Crippen molar-refractivity contribution in [3.8, 4) is 11.6 Å². The second-order valence-electron chi connectivity index (χ2n) is 13.6. The van der Waals surface area contributed by atoms with Gasteiger partial charge in [0.15, 0.2) is 0 Å². The normalized spacial score (nSPS) is 45.8. The predicted octanol–water partition coefficient (Wildman–Crippen LogP) is 9.79. The summed E-state index contributed by atoms with van der Waals surface area (Å²) < 4.78 is 0. The van der Waals surface area contributed by atoms with E-state index in [1.54, 1.807) is 0 Å². The van der Waals surface area contributed by atoms with E-state index in [0.29, 0.717) is 31.2 Å². The maximum atomic E-state index is 4.18. The van der Waals surface area contributed by atoms with E-state index in [1.165, 1.54) is 32.1 Å². The zero-order valence-electron chi connectivity index (χ0n) is 21.7. The minimum absolute atomic E-state index is 0.110. The van der Waals surface area contributed by atoms with Crippen molar-refractivity contribution in [2.24, 2.45) is 16.2 Å². The van der Waals surface area contributed by atoms with Crippen molar-refractivity contribution >= 4 is 23.8 Å². The summed E-state index contributed by atoms with van der Waals surface area (Å²) in [5.74, 6) is 3.80. The van der Waals surface area contributed by atoms with Crippen LogP contribution in [0.1, 0.15) is 115 Å². The fourth-order valence-electron chi connectivity index (χ4n) is 7.98. The van der Waals surface area contributed by atoms with Gasteiger partial charge in [-0.15, -0.1) is 0 Å². The van der Waals surface area contributed by atoms with Gasteiger partial charge in [-0.2, -0.15) is 0 Å². The summed E-state index contributed by atoms with van der Waals surface area (Å²) in [5.41, 5.74) is 6.50. The van der Waals surface area contributed by atoms with Crippen molar-refractivity contribution in [2.45, 2.75) is 141 Å². The largest absolute Gasteiger partial charge is 0.0986 e. The summed E-state index contributed by atoms with van der Waals surface area (Å²) >= 11 is 0. The molecule has 0 aromatic carbocycles. The van der Waals surface area contributed by atoms with Crippen LogP contribution in [0.15, 0.2) is 0 Å². The second kappa shape index (κ2) is 6.94. The Morgan fingerprint density at radius 3 is 1.90 bits per heavy atom. The highest BCUT2D eigenvalue weighted by molar-refractivity contribution is 8.10. The Hall–Kier alpha value is 0.850. The SMILES string of the molecule is CCCCC#CP1[C@]2(C(C)(C)C)[C@@H]3P2C(C(C)(C)C)P2[C@]1(C(C)(C)C)[C@]32CCCC. The molecular formula is C27H47P3. The van der Waals surface area contributed by atoms with Gasteiger partial charge in [0.05, 0.1) is 0 Å². The lowest BCUT2D eigenvalue weighted by Crippen LogP contribution is -2.39. The molecule has 30 heavy (non-hydrogen) atoms. The molecule has 0 aromatic rings. The van der Waals surface area contributed by atoms with Crippen molar-refractivity contribution in [2.75, 3.05) is 0 Å². The summed E-state index contributed by atoms with van der Waals surface area (Å²) in [6.07, 6.45) is 8.00. The van der Waals surface area contributed by atoms with Gasteiger partial charge in [-0.05, 0) is 37.0 Å². The van der Waals surface area contributed by atoms with Crippen LogP contribution in [0.3, 0.4) is 0 Å². The monoisotopic (exact) mass is 464 g/mol. The third-order valence-electron chi connectivity index (χ3n) is 8.62. The third-order valence-corrected chi connectivity index (χ3v) is 25.5. The van der Waals surface area contributed by atoms with Crippen molar-refractivity contribution in [3.63, 3.8) is 0 Å². The zero-order chi connectivity index (χ0) is 22.5. The number of hydrogen-bond acceptors (Lipinski definition) is 0. The Morgan fingerprint density at radius 1 is 0.833 bits per heavy atom. The van der Waals surface area contributed by atoms with Gasteiger partial charge in [0.25, 0.3) is 0 Å². The van der Waals surface area contributed by atoms with Crippen LogP contribution < -0.4 is 0 Å². The van der Waals surface area contributed by atoms with Crippen LogP contribution in [0.2, 0.25) is 0 Å². The lowest BCUT2D eigenvalue weighted by molar-refractivity contribution is 0.336. The van der Waals surface area contributed by atoms with Crippen LogP contribution >= 0.6 is 23.8 Å². The molecule has 0 amide bonds. The molecular weight excluding hydrogens is 417 g/mol. The average Bonchev–Trinajstić information content (AvgIpc) is 3.39. The van der Waals surface area contributed by atoms with Crippen molar-refractivity contribution in [1.29, 1.82) is 0 Å². The summed E-state index contributed by atoms with van der Waals surface area (Å²) in [6, 6.07) is 0. The maximum Gasteiger partial charge on any atom is 0.0387 e. The molecule has 4 aliphatic rings. The van der Waals surface area contributed by atoms with Gasteiger partial charge in [0.2, 0.25) is 0 Å². The molecule has 0 aliphatic carbocycles. The average molecular weight is 465 g/mol. The van der Waals surface area contributed by atoms with Crippen LogP contribution in [0.4, 0.5) is 0 Å². The Balaban J connectivity index is 1.92. The Kier molecular flexibility index (Phi) is 5.55. The van der Waals surface area contributed by atoms with E-state index in [-0.39, 0.29) is 23.8 Å². The van der Waals surface area contributed by atoms with Gasteiger partial charge in [-0.3, -0.25) is 0 Å². The first kappa shape index (κ1) is 24.0.